The lowest BCUT2D eigenvalue weighted by atomic mass is 10.0. The number of hydrogen-bond donors (Lipinski definition) is 0. The van der Waals surface area contributed by atoms with E-state index in [9.17, 15) is 4.79 Å². The molecule has 1 aromatic rings. The first-order chi connectivity index (χ1) is 17.7. The molecule has 5 nitrogen and oxygen atoms in total. The quantitative estimate of drug-likeness (QED) is 0.0612. The third kappa shape index (κ3) is 16.7. The fourth-order valence-corrected chi connectivity index (χ4v) is 4.46. The molecule has 0 fully saturated rings. The van der Waals surface area contributed by atoms with Crippen LogP contribution in [0.15, 0.2) is 34.6 Å². The van der Waals surface area contributed by atoms with Crippen molar-refractivity contribution >= 4 is 11.7 Å². The summed E-state index contributed by atoms with van der Waals surface area (Å²) in [4.78, 5) is 12.6. The van der Waals surface area contributed by atoms with E-state index in [0.29, 0.717) is 17.9 Å². The largest absolute Gasteiger partial charge is 0.462 e. The zero-order valence-corrected chi connectivity index (χ0v) is 23.8. The molecule has 36 heavy (non-hydrogen) atoms. The van der Waals surface area contributed by atoms with Gasteiger partial charge >= 0.3 is 5.97 Å². The van der Waals surface area contributed by atoms with Crippen LogP contribution in [0.2, 0.25) is 0 Å². The number of carbonyl (C=O) groups excluding carboxylic acids is 1. The third-order valence-electron chi connectivity index (χ3n) is 6.60. The van der Waals surface area contributed by atoms with Gasteiger partial charge in [-0.1, -0.05) is 134 Å². The predicted octanol–water partition coefficient (Wildman–Crippen LogP) is 10.2. The van der Waals surface area contributed by atoms with E-state index in [1.807, 2.05) is 23.2 Å². The summed E-state index contributed by atoms with van der Waals surface area (Å²) in [6.45, 7) is 8.74. The van der Waals surface area contributed by atoms with Crippen molar-refractivity contribution in [3.63, 3.8) is 0 Å². The molecule has 0 saturated heterocycles. The Morgan fingerprint density at radius 3 is 1.64 bits per heavy atom. The summed E-state index contributed by atoms with van der Waals surface area (Å²) in [5.41, 5.74) is 1.07. The molecule has 0 atom stereocenters. The number of unbranched alkanes of at least 4 members (excludes halogenated alkanes) is 15. The summed E-state index contributed by atoms with van der Waals surface area (Å²) in [6.07, 6.45) is 23.4. The Kier molecular flexibility index (Phi) is 21.0. The molecule has 1 aromatic carbocycles. The molecule has 0 amide bonds. The van der Waals surface area contributed by atoms with Crippen LogP contribution in [-0.4, -0.2) is 30.7 Å². The van der Waals surface area contributed by atoms with Crippen molar-refractivity contribution in [1.82, 2.24) is 5.01 Å². The molecule has 0 aliphatic heterocycles. The van der Waals surface area contributed by atoms with Gasteiger partial charge in [0.05, 0.1) is 12.2 Å². The van der Waals surface area contributed by atoms with Gasteiger partial charge in [0, 0.05) is 13.1 Å². The highest BCUT2D eigenvalue weighted by atomic mass is 16.5. The fraction of sp³-hybridized carbons (Fsp3) is 0.774. The summed E-state index contributed by atoms with van der Waals surface area (Å²) in [7, 11) is 0. The molecule has 0 aliphatic rings. The SMILES string of the molecule is CCCCCCCCCCCCCCCCCCOC(=O)c1ccccc1N=NN(CCC)CCC. The Labute approximate surface area is 222 Å². The van der Waals surface area contributed by atoms with E-state index in [1.54, 1.807) is 6.07 Å². The van der Waals surface area contributed by atoms with E-state index < -0.39 is 0 Å². The van der Waals surface area contributed by atoms with Gasteiger partial charge in [0.1, 0.15) is 5.69 Å². The van der Waals surface area contributed by atoms with Gasteiger partial charge in [-0.05, 0) is 31.4 Å². The lowest BCUT2D eigenvalue weighted by Crippen LogP contribution is -2.18. The Morgan fingerprint density at radius 1 is 0.667 bits per heavy atom. The van der Waals surface area contributed by atoms with Crippen molar-refractivity contribution in [2.24, 2.45) is 10.3 Å². The summed E-state index contributed by atoms with van der Waals surface area (Å²) in [6, 6.07) is 7.32. The standard InChI is InChI=1S/C31H55N3O2/c1-4-7-8-9-10-11-12-13-14-15-16-17-18-19-20-23-28-36-31(35)29-24-21-22-25-30(29)32-33-34(26-5-2)27-6-3/h21-22,24-25H,4-20,23,26-28H2,1-3H3. The zero-order valence-electron chi connectivity index (χ0n) is 23.8. The normalized spacial score (nSPS) is 11.3. The van der Waals surface area contributed by atoms with Crippen LogP contribution in [0.5, 0.6) is 0 Å². The molecule has 0 aromatic heterocycles. The average molecular weight is 502 g/mol. The van der Waals surface area contributed by atoms with E-state index >= 15 is 0 Å². The summed E-state index contributed by atoms with van der Waals surface area (Å²) in [5.74, 6) is -0.303. The molecule has 0 radical (unpaired) electrons. The highest BCUT2D eigenvalue weighted by Crippen LogP contribution is 2.21. The molecule has 0 saturated carbocycles. The van der Waals surface area contributed by atoms with Crippen LogP contribution in [0, 0.1) is 0 Å². The maximum Gasteiger partial charge on any atom is 0.340 e. The van der Waals surface area contributed by atoms with E-state index in [1.165, 1.54) is 89.9 Å². The topological polar surface area (TPSA) is 54.3 Å². The van der Waals surface area contributed by atoms with Gasteiger partial charge in [0.2, 0.25) is 0 Å². The highest BCUT2D eigenvalue weighted by Gasteiger charge is 2.12. The van der Waals surface area contributed by atoms with E-state index in [-0.39, 0.29) is 5.97 Å². The third-order valence-corrected chi connectivity index (χ3v) is 6.60. The minimum Gasteiger partial charge on any atom is -0.462 e. The van der Waals surface area contributed by atoms with Gasteiger partial charge in [-0.2, -0.15) is 0 Å². The average Bonchev–Trinajstić information content (AvgIpc) is 2.89. The minimum absolute atomic E-state index is 0.303. The van der Waals surface area contributed by atoms with E-state index in [2.05, 4.69) is 31.1 Å². The molecule has 1 rings (SSSR count). The minimum atomic E-state index is -0.303. The monoisotopic (exact) mass is 501 g/mol. The van der Waals surface area contributed by atoms with Gasteiger partial charge in [0.15, 0.2) is 0 Å². The second kappa shape index (κ2) is 23.5. The summed E-state index contributed by atoms with van der Waals surface area (Å²) in [5, 5.41) is 10.6. The number of esters is 1. The lowest BCUT2D eigenvalue weighted by molar-refractivity contribution is 0.0498. The van der Waals surface area contributed by atoms with Crippen LogP contribution in [0.1, 0.15) is 147 Å². The van der Waals surface area contributed by atoms with Crippen molar-refractivity contribution in [2.75, 3.05) is 19.7 Å². The first-order valence-electron chi connectivity index (χ1n) is 15.2. The maximum absolute atomic E-state index is 12.6. The Morgan fingerprint density at radius 2 is 1.14 bits per heavy atom. The maximum atomic E-state index is 12.6. The van der Waals surface area contributed by atoms with Crippen LogP contribution in [0.3, 0.4) is 0 Å². The molecular weight excluding hydrogens is 446 g/mol. The molecule has 0 aliphatic carbocycles. The van der Waals surface area contributed by atoms with Crippen LogP contribution in [0.25, 0.3) is 0 Å². The number of ether oxygens (including phenoxy) is 1. The number of benzene rings is 1. The highest BCUT2D eigenvalue weighted by molar-refractivity contribution is 5.94. The molecule has 0 heterocycles. The molecule has 5 heteroatoms. The smallest absolute Gasteiger partial charge is 0.340 e. The van der Waals surface area contributed by atoms with Gasteiger partial charge < -0.3 is 4.74 Å². The molecule has 206 valence electrons. The number of rotatable bonds is 24. The predicted molar refractivity (Wildman–Crippen MR) is 153 cm³/mol. The second-order valence-electron chi connectivity index (χ2n) is 10.1. The lowest BCUT2D eigenvalue weighted by Gasteiger charge is -2.15. The molecule has 0 unspecified atom stereocenters. The van der Waals surface area contributed by atoms with Crippen LogP contribution < -0.4 is 0 Å². The Hall–Kier alpha value is -1.91. The van der Waals surface area contributed by atoms with E-state index in [0.717, 1.165) is 38.8 Å². The van der Waals surface area contributed by atoms with Gasteiger partial charge in [-0.15, -0.1) is 5.11 Å². The van der Waals surface area contributed by atoms with Crippen molar-refractivity contribution in [2.45, 2.75) is 136 Å². The number of nitrogens with zero attached hydrogens (tertiary/aromatic N) is 3. The Balaban J connectivity index is 2.09. The summed E-state index contributed by atoms with van der Waals surface area (Å²) >= 11 is 0. The van der Waals surface area contributed by atoms with Crippen LogP contribution in [-0.2, 0) is 4.74 Å². The van der Waals surface area contributed by atoms with E-state index in [4.69, 9.17) is 4.74 Å². The second-order valence-corrected chi connectivity index (χ2v) is 10.1. The molecular formula is C31H55N3O2. The Bertz CT molecular complexity index is 672. The first kappa shape index (κ1) is 32.1. The molecule has 0 N–H and O–H groups in total. The molecule has 0 bridgehead atoms. The van der Waals surface area contributed by atoms with Gasteiger partial charge in [-0.25, -0.2) is 4.79 Å². The van der Waals surface area contributed by atoms with Crippen molar-refractivity contribution < 1.29 is 9.53 Å². The first-order valence-corrected chi connectivity index (χ1v) is 15.2. The van der Waals surface area contributed by atoms with Crippen LogP contribution >= 0.6 is 0 Å². The van der Waals surface area contributed by atoms with Gasteiger partial charge in [-0.3, -0.25) is 5.01 Å². The number of carbonyl (C=O) groups is 1. The van der Waals surface area contributed by atoms with Crippen molar-refractivity contribution in [1.29, 1.82) is 0 Å². The summed E-state index contributed by atoms with van der Waals surface area (Å²) < 4.78 is 5.54. The van der Waals surface area contributed by atoms with Crippen molar-refractivity contribution in [3.05, 3.63) is 29.8 Å². The number of hydrogen-bond acceptors (Lipinski definition) is 4. The van der Waals surface area contributed by atoms with Crippen molar-refractivity contribution in [3.8, 4) is 0 Å². The van der Waals surface area contributed by atoms with Crippen LogP contribution in [0.4, 0.5) is 5.69 Å². The fourth-order valence-electron chi connectivity index (χ4n) is 4.46. The van der Waals surface area contributed by atoms with Gasteiger partial charge in [0.25, 0.3) is 0 Å². The molecule has 0 spiro atoms. The zero-order chi connectivity index (χ0) is 26.1.